The molecule has 9 aliphatic heterocycles. The maximum atomic E-state index is 12.9. The largest absolute Gasteiger partial charge is 0.466 e. The maximum absolute atomic E-state index is 12.9. The van der Waals surface area contributed by atoms with Crippen molar-refractivity contribution in [3.63, 3.8) is 0 Å². The third-order valence-electron chi connectivity index (χ3n) is 17.3. The van der Waals surface area contributed by atoms with Crippen LogP contribution in [-0.2, 0) is 38.0 Å². The standard InChI is InChI=1S/C21H26N2O5.C16H18N2O3.2C13H23NO4/c1-20(2,3)28-19(26)22-11-9-21(10-12-22)16(8-13-27-21)23-17(24)14-6-4-5-7-15(14)18(23)25;19-14-11-3-1-2-4-12(11)15(20)18(14)13-5-10-21-16(13)6-8-17-9-7-16;1-12(2,3)18-11(16)14-6-4-13(5-7-14)9-17-8-10(13)15;1-5-17-11(15)10-6-8-14(9-7-10)12(16)18-13(2,3)4/h4-7,16H,8-13H2,1-3H3;1-4,13,17H,5-10H2;10,15H,4-9H2,1-3H3;10H,5-9H2,1-4H3. The van der Waals surface area contributed by atoms with E-state index in [-0.39, 0.29) is 76.9 Å². The summed E-state index contributed by atoms with van der Waals surface area (Å²) in [7, 11) is 0. The molecule has 7 fully saturated rings. The number of imide groups is 2. The molecule has 468 valence electrons. The summed E-state index contributed by atoms with van der Waals surface area (Å²) in [4.78, 5) is 107. The number of fused-ring (bicyclic) bond motifs is 2. The number of carbonyl (C=O) groups is 8. The Balaban J connectivity index is 0.000000150. The third-order valence-corrected chi connectivity index (χ3v) is 17.3. The van der Waals surface area contributed by atoms with Crippen LogP contribution in [0.25, 0.3) is 0 Å². The Kier molecular flexibility index (Phi) is 20.1. The van der Waals surface area contributed by atoms with E-state index in [0.717, 1.165) is 45.2 Å². The summed E-state index contributed by atoms with van der Waals surface area (Å²) in [6.07, 6.45) is 5.80. The van der Waals surface area contributed by atoms with Crippen LogP contribution in [0.15, 0.2) is 48.5 Å². The number of nitrogens with one attached hydrogen (secondary N) is 1. The second-order valence-corrected chi connectivity index (χ2v) is 26.6. The predicted octanol–water partition coefficient (Wildman–Crippen LogP) is 7.63. The maximum Gasteiger partial charge on any atom is 0.410 e. The minimum Gasteiger partial charge on any atom is -0.466 e. The van der Waals surface area contributed by atoms with Gasteiger partial charge >= 0.3 is 24.2 Å². The van der Waals surface area contributed by atoms with Gasteiger partial charge in [0.1, 0.15) is 16.8 Å². The molecule has 0 aromatic heterocycles. The smallest absolute Gasteiger partial charge is 0.410 e. The monoisotopic (exact) mass is 1190 g/mol. The van der Waals surface area contributed by atoms with Crippen molar-refractivity contribution in [2.45, 2.75) is 180 Å². The first kappa shape index (κ1) is 64.8. The highest BCUT2D eigenvalue weighted by Crippen LogP contribution is 2.44. The molecule has 7 amide bonds. The molecule has 7 saturated heterocycles. The van der Waals surface area contributed by atoms with Crippen molar-refractivity contribution in [2.24, 2.45) is 11.3 Å². The summed E-state index contributed by atoms with van der Waals surface area (Å²) in [6, 6.07) is 13.6. The highest BCUT2D eigenvalue weighted by molar-refractivity contribution is 6.22. The van der Waals surface area contributed by atoms with Gasteiger partial charge in [-0.3, -0.25) is 33.8 Å². The Labute approximate surface area is 499 Å². The molecule has 3 unspecified atom stereocenters. The van der Waals surface area contributed by atoms with Gasteiger partial charge in [-0.1, -0.05) is 24.3 Å². The summed E-state index contributed by atoms with van der Waals surface area (Å²) < 4.78 is 38.5. The van der Waals surface area contributed by atoms with E-state index >= 15 is 0 Å². The minimum absolute atomic E-state index is 0.0800. The van der Waals surface area contributed by atoms with Crippen molar-refractivity contribution in [3.8, 4) is 0 Å². The van der Waals surface area contributed by atoms with E-state index in [4.69, 9.17) is 33.2 Å². The number of aliphatic hydroxyl groups excluding tert-OH is 1. The van der Waals surface area contributed by atoms with Gasteiger partial charge in [-0.25, -0.2) is 14.4 Å². The average molecular weight is 1190 g/mol. The van der Waals surface area contributed by atoms with Gasteiger partial charge < -0.3 is 58.3 Å². The fraction of sp³-hybridized carbons (Fsp3) is 0.683. The number of amides is 7. The van der Waals surface area contributed by atoms with E-state index in [1.165, 1.54) is 9.80 Å². The fourth-order valence-electron chi connectivity index (χ4n) is 12.8. The number of benzene rings is 2. The lowest BCUT2D eigenvalue weighted by Crippen LogP contribution is -2.58. The SMILES string of the molecule is CC(C)(C)OC(=O)N1CCC2(CC1)COCC2O.CC(C)(C)OC(=O)N1CCC2(CC1)OCCC2N1C(=O)c2ccccc2C1=O.CCOC(=O)C1CCN(C(=O)OC(C)(C)C)CC1.O=C1c2ccccc2C(=O)N1C1CCOC12CCNCC2. The first-order valence-electron chi connectivity index (χ1n) is 30.4. The first-order valence-corrected chi connectivity index (χ1v) is 30.4. The van der Waals surface area contributed by atoms with Crippen LogP contribution in [0.5, 0.6) is 0 Å². The summed E-state index contributed by atoms with van der Waals surface area (Å²) in [5.74, 6) is -1.05. The summed E-state index contributed by atoms with van der Waals surface area (Å²) in [6.45, 7) is 26.1. The van der Waals surface area contributed by atoms with Crippen molar-refractivity contribution >= 4 is 47.9 Å². The zero-order valence-electron chi connectivity index (χ0n) is 51.5. The normalized spacial score (nSPS) is 24.2. The summed E-state index contributed by atoms with van der Waals surface area (Å²) >= 11 is 0. The molecule has 3 spiro atoms. The van der Waals surface area contributed by atoms with Gasteiger partial charge in [0, 0.05) is 57.9 Å². The van der Waals surface area contributed by atoms with Crippen molar-refractivity contribution in [3.05, 3.63) is 70.8 Å². The van der Waals surface area contributed by atoms with Crippen molar-refractivity contribution in [2.75, 3.05) is 85.4 Å². The Morgan fingerprint density at radius 3 is 1.27 bits per heavy atom. The Bertz CT molecular complexity index is 2690. The third kappa shape index (κ3) is 15.0. The molecule has 2 N–H and O–H groups in total. The molecule has 11 rings (SSSR count). The zero-order chi connectivity index (χ0) is 61.7. The molecular weight excluding hydrogens is 1100 g/mol. The number of hydrogen-bond acceptors (Lipinski definition) is 17. The van der Waals surface area contributed by atoms with Crippen LogP contribution in [-0.4, -0.2) is 209 Å². The quantitative estimate of drug-likeness (QED) is 0.170. The Hall–Kier alpha value is -6.20. The molecule has 0 aliphatic carbocycles. The van der Waals surface area contributed by atoms with Crippen LogP contribution in [0.4, 0.5) is 14.4 Å². The molecule has 2 aromatic rings. The number of esters is 1. The molecule has 0 radical (unpaired) electrons. The topological polar surface area (TPSA) is 250 Å². The molecule has 0 saturated carbocycles. The second kappa shape index (κ2) is 26.4. The van der Waals surface area contributed by atoms with Crippen LogP contribution in [0.1, 0.15) is 175 Å². The van der Waals surface area contributed by atoms with Crippen LogP contribution < -0.4 is 5.32 Å². The van der Waals surface area contributed by atoms with Gasteiger partial charge in [0.05, 0.1) is 77.4 Å². The molecule has 85 heavy (non-hydrogen) atoms. The van der Waals surface area contributed by atoms with Crippen LogP contribution in [0.2, 0.25) is 0 Å². The molecule has 9 aliphatic rings. The van der Waals surface area contributed by atoms with E-state index in [9.17, 15) is 43.5 Å². The van der Waals surface area contributed by atoms with Crippen LogP contribution >= 0.6 is 0 Å². The Morgan fingerprint density at radius 1 is 0.553 bits per heavy atom. The number of carbonyl (C=O) groups excluding carboxylic acids is 8. The molecule has 22 nitrogen and oxygen atoms in total. The van der Waals surface area contributed by atoms with Gasteiger partial charge in [-0.2, -0.15) is 0 Å². The number of ether oxygens (including phenoxy) is 7. The lowest BCUT2D eigenvalue weighted by Gasteiger charge is -2.44. The molecule has 0 bridgehead atoms. The van der Waals surface area contributed by atoms with Gasteiger partial charge in [0.15, 0.2) is 0 Å². The molecule has 9 heterocycles. The van der Waals surface area contributed by atoms with E-state index in [0.29, 0.717) is 127 Å². The van der Waals surface area contributed by atoms with E-state index in [1.807, 2.05) is 62.3 Å². The average Bonchev–Trinajstić information content (AvgIpc) is 3.83. The van der Waals surface area contributed by atoms with Crippen molar-refractivity contribution in [1.82, 2.24) is 29.8 Å². The highest BCUT2D eigenvalue weighted by Gasteiger charge is 2.56. The van der Waals surface area contributed by atoms with Gasteiger partial charge in [-0.05, 0) is 171 Å². The number of hydrogen-bond donors (Lipinski definition) is 2. The number of piperidine rings is 4. The lowest BCUT2D eigenvalue weighted by molar-refractivity contribution is -0.149. The fourth-order valence-corrected chi connectivity index (χ4v) is 12.8. The number of rotatable bonds is 4. The number of nitrogens with zero attached hydrogens (tertiary/aromatic N) is 5. The van der Waals surface area contributed by atoms with Crippen LogP contribution in [0, 0.1) is 11.3 Å². The number of aliphatic hydroxyl groups is 1. The number of likely N-dealkylation sites (tertiary alicyclic amines) is 3. The van der Waals surface area contributed by atoms with E-state index < -0.39 is 28.5 Å². The molecule has 3 atom stereocenters. The molecule has 2 aromatic carbocycles. The van der Waals surface area contributed by atoms with Gasteiger partial charge in [-0.15, -0.1) is 0 Å². The summed E-state index contributed by atoms with van der Waals surface area (Å²) in [5.41, 5.74) is -0.586. The molecule has 22 heteroatoms. The van der Waals surface area contributed by atoms with Gasteiger partial charge in [0.25, 0.3) is 23.6 Å². The van der Waals surface area contributed by atoms with Crippen molar-refractivity contribution in [1.29, 1.82) is 0 Å². The summed E-state index contributed by atoms with van der Waals surface area (Å²) in [5, 5.41) is 13.3. The highest BCUT2D eigenvalue weighted by atomic mass is 16.6. The van der Waals surface area contributed by atoms with Crippen molar-refractivity contribution < 1.29 is 76.6 Å². The van der Waals surface area contributed by atoms with Crippen LogP contribution in [0.3, 0.4) is 0 Å². The Morgan fingerprint density at radius 2 is 0.918 bits per heavy atom. The van der Waals surface area contributed by atoms with E-state index in [2.05, 4.69) is 5.32 Å². The predicted molar refractivity (Wildman–Crippen MR) is 311 cm³/mol. The first-order chi connectivity index (χ1) is 40.1. The van der Waals surface area contributed by atoms with Gasteiger partial charge in [0.2, 0.25) is 0 Å². The molecular formula is C63H90N6O16. The lowest BCUT2D eigenvalue weighted by atomic mass is 9.76. The van der Waals surface area contributed by atoms with E-state index in [1.54, 1.807) is 70.2 Å². The zero-order valence-corrected chi connectivity index (χ0v) is 51.5. The minimum atomic E-state index is -0.591. The second-order valence-electron chi connectivity index (χ2n) is 26.6.